The Morgan fingerprint density at radius 2 is 1.78 bits per heavy atom. The lowest BCUT2D eigenvalue weighted by Crippen LogP contribution is -2.46. The van der Waals surface area contributed by atoms with E-state index in [0.717, 1.165) is 37.8 Å². The van der Waals surface area contributed by atoms with Gasteiger partial charge < -0.3 is 19.9 Å². The number of amides is 1. The first-order valence-corrected chi connectivity index (χ1v) is 15.3. The van der Waals surface area contributed by atoms with Gasteiger partial charge in [-0.05, 0) is 61.7 Å². The van der Waals surface area contributed by atoms with Crippen molar-refractivity contribution in [1.29, 1.82) is 0 Å². The molecule has 238 valence electrons. The predicted octanol–water partition coefficient (Wildman–Crippen LogP) is 3.91. The van der Waals surface area contributed by atoms with Gasteiger partial charge in [0.15, 0.2) is 5.65 Å². The highest BCUT2D eigenvalue weighted by molar-refractivity contribution is 6.04. The standard InChI is InChI=1S/C33H33F3N8O2/c1-41-10-12-42(13-11-41)19-23-3-4-25(15-29(23)33(34,35)36)39-32(45)24-14-22(16-37-17-24)2-5-26-18-38-30-8-9-31(40-44(26)30)43-27-6-7-28(43)21-46-20-27/h3-4,8-9,14-18,27-28H,6-7,10-13,19-21H2,1H3,(H,39,45). The van der Waals surface area contributed by atoms with Gasteiger partial charge in [-0.25, -0.2) is 9.50 Å². The van der Waals surface area contributed by atoms with E-state index in [2.05, 4.69) is 36.9 Å². The Bertz CT molecular complexity index is 1810. The normalized spacial score (nSPS) is 20.5. The van der Waals surface area contributed by atoms with Crippen LogP contribution >= 0.6 is 0 Å². The number of imidazole rings is 1. The third kappa shape index (κ3) is 6.28. The minimum absolute atomic E-state index is 0.0530. The van der Waals surface area contributed by atoms with Crippen LogP contribution in [0.3, 0.4) is 0 Å². The second-order valence-corrected chi connectivity index (χ2v) is 12.1. The smallest absolute Gasteiger partial charge is 0.377 e. The van der Waals surface area contributed by atoms with Crippen molar-refractivity contribution in [1.82, 2.24) is 29.4 Å². The van der Waals surface area contributed by atoms with Crippen molar-refractivity contribution >= 4 is 23.1 Å². The number of hydrogen-bond acceptors (Lipinski definition) is 8. The molecule has 13 heteroatoms. The number of rotatable bonds is 5. The SMILES string of the molecule is CN1CCN(Cc2ccc(NC(=O)c3cncc(C#Cc4cnc5ccc(N6C7CCC6COC7)nn45)c3)cc2C(F)(F)F)CC1. The number of halogens is 3. The van der Waals surface area contributed by atoms with E-state index >= 15 is 0 Å². The summed E-state index contributed by atoms with van der Waals surface area (Å²) in [6, 6.07) is 9.99. The van der Waals surface area contributed by atoms with Gasteiger partial charge in [0.05, 0.1) is 42.6 Å². The molecule has 46 heavy (non-hydrogen) atoms. The molecule has 1 N–H and O–H groups in total. The van der Waals surface area contributed by atoms with Crippen LogP contribution in [-0.2, 0) is 17.5 Å². The van der Waals surface area contributed by atoms with Crippen LogP contribution in [0.15, 0.2) is 55.0 Å². The van der Waals surface area contributed by atoms with Gasteiger partial charge in [-0.15, -0.1) is 5.10 Å². The van der Waals surface area contributed by atoms with Gasteiger partial charge in [-0.3, -0.25) is 14.7 Å². The predicted molar refractivity (Wildman–Crippen MR) is 165 cm³/mol. The zero-order valence-corrected chi connectivity index (χ0v) is 25.3. The van der Waals surface area contributed by atoms with E-state index < -0.39 is 17.6 Å². The highest BCUT2D eigenvalue weighted by Gasteiger charge is 2.38. The molecule has 2 unspecified atom stereocenters. The Hall–Kier alpha value is -4.51. The van der Waals surface area contributed by atoms with E-state index in [0.29, 0.717) is 55.3 Å². The van der Waals surface area contributed by atoms with Crippen molar-refractivity contribution in [3.63, 3.8) is 0 Å². The van der Waals surface area contributed by atoms with Crippen LogP contribution in [0.5, 0.6) is 0 Å². The second-order valence-electron chi connectivity index (χ2n) is 12.1. The second kappa shape index (κ2) is 12.4. The van der Waals surface area contributed by atoms with Crippen LogP contribution < -0.4 is 10.2 Å². The lowest BCUT2D eigenvalue weighted by molar-refractivity contribution is -0.138. The first-order valence-electron chi connectivity index (χ1n) is 15.3. The molecule has 0 saturated carbocycles. The number of anilines is 2. The Morgan fingerprint density at radius 1 is 1.00 bits per heavy atom. The number of aromatic nitrogens is 4. The lowest BCUT2D eigenvalue weighted by atomic mass is 10.0. The fourth-order valence-corrected chi connectivity index (χ4v) is 6.36. The molecule has 2 atom stereocenters. The molecule has 6 heterocycles. The van der Waals surface area contributed by atoms with Crippen molar-refractivity contribution in [2.75, 3.05) is 56.7 Å². The van der Waals surface area contributed by atoms with E-state index in [-0.39, 0.29) is 23.4 Å². The first kappa shape index (κ1) is 30.2. The van der Waals surface area contributed by atoms with Crippen LogP contribution in [0.4, 0.5) is 24.7 Å². The van der Waals surface area contributed by atoms with Crippen LogP contribution in [-0.4, -0.2) is 93.8 Å². The Morgan fingerprint density at radius 3 is 2.54 bits per heavy atom. The molecular formula is C33H33F3N8O2. The number of benzene rings is 1. The van der Waals surface area contributed by atoms with E-state index in [1.165, 1.54) is 24.5 Å². The maximum atomic E-state index is 14.0. The van der Waals surface area contributed by atoms with Gasteiger partial charge in [-0.1, -0.05) is 12.0 Å². The molecule has 7 rings (SSSR count). The van der Waals surface area contributed by atoms with Crippen molar-refractivity contribution in [2.45, 2.75) is 37.6 Å². The van der Waals surface area contributed by atoms with Gasteiger partial charge >= 0.3 is 6.18 Å². The number of morpholine rings is 1. The summed E-state index contributed by atoms with van der Waals surface area (Å²) in [6.45, 7) is 4.58. The number of hydrogen-bond donors (Lipinski definition) is 1. The van der Waals surface area contributed by atoms with E-state index in [1.54, 1.807) is 16.8 Å². The summed E-state index contributed by atoms with van der Waals surface area (Å²) in [7, 11) is 2.00. The fraction of sp³-hybridized carbons (Fsp3) is 0.394. The number of pyridine rings is 1. The van der Waals surface area contributed by atoms with E-state index in [4.69, 9.17) is 9.84 Å². The largest absolute Gasteiger partial charge is 0.416 e. The molecule has 4 aromatic rings. The number of piperazine rings is 1. The number of nitrogens with one attached hydrogen (secondary N) is 1. The van der Waals surface area contributed by atoms with Gasteiger partial charge in [0.1, 0.15) is 11.5 Å². The molecule has 0 aliphatic carbocycles. The summed E-state index contributed by atoms with van der Waals surface area (Å²) in [5.74, 6) is 6.36. The van der Waals surface area contributed by atoms with Crippen molar-refractivity contribution < 1.29 is 22.7 Å². The Balaban J connectivity index is 1.07. The molecule has 2 bridgehead atoms. The quantitative estimate of drug-likeness (QED) is 0.332. The van der Waals surface area contributed by atoms with Crippen LogP contribution in [0.1, 0.15) is 45.6 Å². The third-order valence-electron chi connectivity index (χ3n) is 8.85. The van der Waals surface area contributed by atoms with E-state index in [1.807, 2.05) is 24.1 Å². The Labute approximate surface area is 264 Å². The van der Waals surface area contributed by atoms with Gasteiger partial charge in [-0.2, -0.15) is 13.2 Å². The third-order valence-corrected chi connectivity index (χ3v) is 8.85. The first-order chi connectivity index (χ1) is 22.2. The number of ether oxygens (including phenoxy) is 1. The number of alkyl halides is 3. The number of nitrogens with zero attached hydrogens (tertiary/aromatic N) is 7. The number of carbonyl (C=O) groups is 1. The number of likely N-dealkylation sites (N-methyl/N-ethyl adjacent to an activating group) is 1. The molecule has 3 aromatic heterocycles. The molecule has 10 nitrogen and oxygen atoms in total. The lowest BCUT2D eigenvalue weighted by Gasteiger charge is -2.35. The fourth-order valence-electron chi connectivity index (χ4n) is 6.36. The molecule has 3 aliphatic rings. The van der Waals surface area contributed by atoms with Crippen LogP contribution in [0, 0.1) is 11.8 Å². The maximum absolute atomic E-state index is 14.0. The van der Waals surface area contributed by atoms with Gasteiger partial charge in [0.2, 0.25) is 0 Å². The minimum atomic E-state index is -4.56. The molecule has 3 fully saturated rings. The van der Waals surface area contributed by atoms with E-state index in [9.17, 15) is 18.0 Å². The average Bonchev–Trinajstić information content (AvgIpc) is 3.57. The molecule has 3 aliphatic heterocycles. The van der Waals surface area contributed by atoms with Crippen molar-refractivity contribution in [3.8, 4) is 11.8 Å². The van der Waals surface area contributed by atoms with Crippen LogP contribution in [0.2, 0.25) is 0 Å². The summed E-state index contributed by atoms with van der Waals surface area (Å²) in [5, 5.41) is 7.42. The monoisotopic (exact) mass is 630 g/mol. The highest BCUT2D eigenvalue weighted by atomic mass is 19.4. The van der Waals surface area contributed by atoms with Gasteiger partial charge in [0.25, 0.3) is 5.91 Å². The molecular weight excluding hydrogens is 597 g/mol. The zero-order valence-electron chi connectivity index (χ0n) is 25.3. The highest BCUT2D eigenvalue weighted by Crippen LogP contribution is 2.35. The molecule has 3 saturated heterocycles. The average molecular weight is 631 g/mol. The Kier molecular flexibility index (Phi) is 8.10. The van der Waals surface area contributed by atoms with Crippen molar-refractivity contribution in [3.05, 3.63) is 82.9 Å². The summed E-state index contributed by atoms with van der Waals surface area (Å²) in [6.07, 6.45) is 2.10. The van der Waals surface area contributed by atoms with Crippen molar-refractivity contribution in [2.24, 2.45) is 0 Å². The molecule has 1 amide bonds. The maximum Gasteiger partial charge on any atom is 0.416 e. The summed E-state index contributed by atoms with van der Waals surface area (Å²) < 4.78 is 49.5. The summed E-state index contributed by atoms with van der Waals surface area (Å²) in [4.78, 5) is 28.1. The van der Waals surface area contributed by atoms with Crippen LogP contribution in [0.25, 0.3) is 5.65 Å². The summed E-state index contributed by atoms with van der Waals surface area (Å²) >= 11 is 0. The topological polar surface area (TPSA) is 91.1 Å². The van der Waals surface area contributed by atoms with Gasteiger partial charge in [0, 0.05) is 56.4 Å². The molecule has 0 spiro atoms. The number of fused-ring (bicyclic) bond motifs is 3. The summed E-state index contributed by atoms with van der Waals surface area (Å²) in [5.41, 5.74) is 1.34. The molecule has 1 aromatic carbocycles. The molecule has 0 radical (unpaired) electrons. The number of carbonyl (C=O) groups excluding carboxylic acids is 1. The minimum Gasteiger partial charge on any atom is -0.377 e. The zero-order chi connectivity index (χ0) is 31.8.